The number of methoxy groups -OCH3 is 1. The maximum atomic E-state index is 13.1. The van der Waals surface area contributed by atoms with Crippen molar-refractivity contribution >= 4 is 40.0 Å². The van der Waals surface area contributed by atoms with Crippen LogP contribution in [0, 0.1) is 6.92 Å². The SMILES string of the molecule is COc1ccc(Oc2ccc(C(=O)c3ccc(C)c(SOOO)c3)cc2S(=O)(=O)O)c(SOOO)c1. The molecule has 0 saturated heterocycles. The number of hydrogen-bond donors (Lipinski definition) is 3. The Labute approximate surface area is 213 Å². The lowest BCUT2D eigenvalue weighted by Gasteiger charge is -2.14. The zero-order valence-electron chi connectivity index (χ0n) is 18.4. The zero-order valence-corrected chi connectivity index (χ0v) is 20.9. The third kappa shape index (κ3) is 6.95. The van der Waals surface area contributed by atoms with Gasteiger partial charge in [0, 0.05) is 16.0 Å². The van der Waals surface area contributed by atoms with Crippen LogP contribution in [0.5, 0.6) is 17.2 Å². The number of hydrogen-bond acceptors (Lipinski definition) is 13. The van der Waals surface area contributed by atoms with Crippen LogP contribution >= 0.6 is 24.1 Å². The molecule has 3 aromatic carbocycles. The van der Waals surface area contributed by atoms with Crippen molar-refractivity contribution in [1.29, 1.82) is 0 Å². The fourth-order valence-electron chi connectivity index (χ4n) is 2.92. The summed E-state index contributed by atoms with van der Waals surface area (Å²) in [6.07, 6.45) is 0. The minimum atomic E-state index is -4.83. The van der Waals surface area contributed by atoms with Gasteiger partial charge in [-0.25, -0.2) is 10.5 Å². The van der Waals surface area contributed by atoms with Gasteiger partial charge in [-0.1, -0.05) is 22.2 Å². The van der Waals surface area contributed by atoms with Gasteiger partial charge in [-0.3, -0.25) is 9.35 Å². The molecule has 15 heteroatoms. The van der Waals surface area contributed by atoms with E-state index in [9.17, 15) is 17.8 Å². The van der Waals surface area contributed by atoms with Gasteiger partial charge in [0.2, 0.25) is 0 Å². The van der Waals surface area contributed by atoms with E-state index in [0.717, 1.165) is 11.6 Å². The number of ether oxygens (including phenoxy) is 2. The molecule has 36 heavy (non-hydrogen) atoms. The quantitative estimate of drug-likeness (QED) is 0.0879. The number of carbonyl (C=O) groups excluding carboxylic acids is 1. The van der Waals surface area contributed by atoms with Crippen molar-refractivity contribution in [3.8, 4) is 17.2 Å². The molecule has 12 nitrogen and oxygen atoms in total. The smallest absolute Gasteiger partial charge is 0.298 e. The van der Waals surface area contributed by atoms with Gasteiger partial charge >= 0.3 is 0 Å². The zero-order chi connectivity index (χ0) is 26.3. The van der Waals surface area contributed by atoms with E-state index in [1.807, 2.05) is 0 Å². The molecule has 0 heterocycles. The van der Waals surface area contributed by atoms with E-state index in [0.29, 0.717) is 34.7 Å². The summed E-state index contributed by atoms with van der Waals surface area (Å²) in [5, 5.41) is 24.0. The topological polar surface area (TPSA) is 167 Å². The van der Waals surface area contributed by atoms with Gasteiger partial charge in [0.1, 0.15) is 22.1 Å². The van der Waals surface area contributed by atoms with Crippen molar-refractivity contribution in [3.63, 3.8) is 0 Å². The first-order chi connectivity index (χ1) is 17.2. The van der Waals surface area contributed by atoms with Crippen LogP contribution in [-0.4, -0.2) is 36.4 Å². The highest BCUT2D eigenvalue weighted by atomic mass is 32.2. The maximum absolute atomic E-state index is 13.1. The Morgan fingerprint density at radius 3 is 2.08 bits per heavy atom. The van der Waals surface area contributed by atoms with Crippen LogP contribution in [0.15, 0.2) is 69.3 Å². The minimum absolute atomic E-state index is 0.0598. The summed E-state index contributed by atoms with van der Waals surface area (Å²) in [6, 6.07) is 12.5. The van der Waals surface area contributed by atoms with Crippen molar-refractivity contribution in [2.24, 2.45) is 0 Å². The van der Waals surface area contributed by atoms with Crippen molar-refractivity contribution in [2.75, 3.05) is 7.11 Å². The van der Waals surface area contributed by atoms with Crippen molar-refractivity contribution in [3.05, 3.63) is 71.3 Å². The van der Waals surface area contributed by atoms with Crippen LogP contribution in [0.4, 0.5) is 0 Å². The molecule has 0 saturated carbocycles. The minimum Gasteiger partial charge on any atom is -0.497 e. The number of benzene rings is 3. The Morgan fingerprint density at radius 2 is 1.44 bits per heavy atom. The van der Waals surface area contributed by atoms with Crippen molar-refractivity contribution in [1.82, 2.24) is 0 Å². The Morgan fingerprint density at radius 1 is 0.833 bits per heavy atom. The highest BCUT2D eigenvalue weighted by molar-refractivity contribution is 7.94. The molecule has 0 radical (unpaired) electrons. The lowest BCUT2D eigenvalue weighted by atomic mass is 10.0. The predicted octanol–water partition coefficient (Wildman–Crippen LogP) is 5.13. The number of ketones is 1. The van der Waals surface area contributed by atoms with E-state index in [-0.39, 0.29) is 27.5 Å². The van der Waals surface area contributed by atoms with Crippen LogP contribution in [0.2, 0.25) is 0 Å². The second-order valence-corrected chi connectivity index (χ2v) is 9.69. The molecular formula is C21H18O12S3. The van der Waals surface area contributed by atoms with Gasteiger partial charge in [-0.15, -0.1) is 8.67 Å². The highest BCUT2D eigenvalue weighted by Gasteiger charge is 2.22. The van der Waals surface area contributed by atoms with E-state index in [1.165, 1.54) is 49.6 Å². The largest absolute Gasteiger partial charge is 0.497 e. The Bertz CT molecular complexity index is 1340. The molecule has 0 spiro atoms. The van der Waals surface area contributed by atoms with Gasteiger partial charge in [-0.2, -0.15) is 8.42 Å². The van der Waals surface area contributed by atoms with Crippen LogP contribution in [-0.2, 0) is 28.9 Å². The van der Waals surface area contributed by atoms with E-state index in [2.05, 4.69) is 18.7 Å². The summed E-state index contributed by atoms with van der Waals surface area (Å²) in [4.78, 5) is 13.1. The fraction of sp³-hybridized carbons (Fsp3) is 0.0952. The molecule has 0 aromatic heterocycles. The van der Waals surface area contributed by atoms with Gasteiger partial charge in [0.15, 0.2) is 5.78 Å². The van der Waals surface area contributed by atoms with Gasteiger partial charge in [0.05, 0.1) is 36.1 Å². The summed E-state index contributed by atoms with van der Waals surface area (Å²) in [5.41, 5.74) is 0.838. The molecule has 3 rings (SSSR count). The molecule has 192 valence electrons. The molecular weight excluding hydrogens is 540 g/mol. The number of rotatable bonds is 12. The Kier molecular flexibility index (Phi) is 9.69. The second-order valence-electron chi connectivity index (χ2n) is 6.81. The first-order valence-corrected chi connectivity index (χ1v) is 12.5. The molecule has 0 bridgehead atoms. The summed E-state index contributed by atoms with van der Waals surface area (Å²) < 4.78 is 53.7. The third-order valence-corrected chi connectivity index (χ3v) is 6.86. The summed E-state index contributed by atoms with van der Waals surface area (Å²) in [5.74, 6) is -0.394. The molecule has 0 atom stereocenters. The maximum Gasteiger partial charge on any atom is 0.298 e. The molecule has 0 aliphatic rings. The summed E-state index contributed by atoms with van der Waals surface area (Å²) >= 11 is 1.21. The van der Waals surface area contributed by atoms with Gasteiger partial charge in [0.25, 0.3) is 10.1 Å². The monoisotopic (exact) mass is 558 g/mol. The molecule has 3 aromatic rings. The average molecular weight is 559 g/mol. The molecule has 3 N–H and O–H groups in total. The third-order valence-electron chi connectivity index (χ3n) is 4.61. The Hall–Kier alpha value is -2.70. The highest BCUT2D eigenvalue weighted by Crippen LogP contribution is 2.38. The van der Waals surface area contributed by atoms with Crippen LogP contribution in [0.1, 0.15) is 21.5 Å². The van der Waals surface area contributed by atoms with Gasteiger partial charge in [-0.05, 0) is 55.0 Å². The van der Waals surface area contributed by atoms with Crippen LogP contribution in [0.25, 0.3) is 0 Å². The first-order valence-electron chi connectivity index (χ1n) is 9.60. The van der Waals surface area contributed by atoms with Crippen molar-refractivity contribution < 1.29 is 56.5 Å². The van der Waals surface area contributed by atoms with E-state index >= 15 is 0 Å². The molecule has 0 amide bonds. The van der Waals surface area contributed by atoms with E-state index < -0.39 is 20.8 Å². The normalized spacial score (nSPS) is 11.4. The molecule has 0 aliphatic carbocycles. The standard InChI is InChI=1S/C21H18O12S3/c1-12-3-4-13(9-18(12)34-32-30-23)21(22)14-5-7-17(20(10-14)36(25,26)27)29-16-8-6-15(28-2)11-19(16)35-33-31-24/h3-11,23-24H,1-2H3,(H,25,26,27). The number of aryl methyl sites for hydroxylation is 1. The lowest BCUT2D eigenvalue weighted by Crippen LogP contribution is -2.07. The number of carbonyl (C=O) groups is 1. The predicted molar refractivity (Wildman–Crippen MR) is 125 cm³/mol. The van der Waals surface area contributed by atoms with Crippen LogP contribution in [0.3, 0.4) is 0 Å². The molecule has 0 unspecified atom stereocenters. The average Bonchev–Trinajstić information content (AvgIpc) is 2.86. The Balaban J connectivity index is 1.99. The lowest BCUT2D eigenvalue weighted by molar-refractivity contribution is -0.432. The van der Waals surface area contributed by atoms with Crippen molar-refractivity contribution in [2.45, 2.75) is 21.6 Å². The fourth-order valence-corrected chi connectivity index (χ4v) is 4.50. The van der Waals surface area contributed by atoms with Gasteiger partial charge < -0.3 is 9.47 Å². The second kappa shape index (κ2) is 12.5. The van der Waals surface area contributed by atoms with Crippen LogP contribution < -0.4 is 9.47 Å². The van der Waals surface area contributed by atoms with E-state index in [1.54, 1.807) is 13.0 Å². The first kappa shape index (κ1) is 27.9. The summed E-state index contributed by atoms with van der Waals surface area (Å²) in [7, 11) is -3.41. The molecule has 0 aliphatic heterocycles. The summed E-state index contributed by atoms with van der Waals surface area (Å²) in [6.45, 7) is 1.74. The molecule has 0 fully saturated rings. The van der Waals surface area contributed by atoms with E-state index in [4.69, 9.17) is 20.0 Å².